The van der Waals surface area contributed by atoms with E-state index >= 15 is 0 Å². The minimum Gasteiger partial charge on any atom is -0.496 e. The van der Waals surface area contributed by atoms with Crippen molar-refractivity contribution in [2.24, 2.45) is 0 Å². The summed E-state index contributed by atoms with van der Waals surface area (Å²) in [6.07, 6.45) is 0. The van der Waals surface area contributed by atoms with E-state index in [0.29, 0.717) is 36.8 Å². The normalized spacial score (nSPS) is 15.6. The lowest BCUT2D eigenvalue weighted by molar-refractivity contribution is 0.377. The molecular formula is C20H26N2O4S. The van der Waals surface area contributed by atoms with E-state index in [1.165, 1.54) is 0 Å². The molecule has 7 heteroatoms. The van der Waals surface area contributed by atoms with E-state index in [-0.39, 0.29) is 0 Å². The van der Waals surface area contributed by atoms with Gasteiger partial charge in [0.15, 0.2) is 0 Å². The zero-order valence-electron chi connectivity index (χ0n) is 16.2. The molecule has 1 aliphatic rings. The van der Waals surface area contributed by atoms with Crippen LogP contribution in [0, 0.1) is 13.8 Å². The lowest BCUT2D eigenvalue weighted by atomic mass is 10.1. The predicted molar refractivity (Wildman–Crippen MR) is 106 cm³/mol. The van der Waals surface area contributed by atoms with Crippen molar-refractivity contribution < 1.29 is 17.9 Å². The lowest BCUT2D eigenvalue weighted by Gasteiger charge is -2.36. The third kappa shape index (κ3) is 3.75. The number of nitrogens with zero attached hydrogens (tertiary/aromatic N) is 2. The maximum Gasteiger partial charge on any atom is 0.243 e. The fraction of sp³-hybridized carbons (Fsp3) is 0.400. The van der Waals surface area contributed by atoms with Crippen LogP contribution in [0.3, 0.4) is 0 Å². The zero-order valence-corrected chi connectivity index (χ0v) is 17.0. The Morgan fingerprint density at radius 3 is 2.11 bits per heavy atom. The predicted octanol–water partition coefficient (Wildman–Crippen LogP) is 2.83. The molecule has 0 N–H and O–H groups in total. The number of ether oxygens (including phenoxy) is 2. The van der Waals surface area contributed by atoms with Gasteiger partial charge in [0.1, 0.15) is 11.5 Å². The van der Waals surface area contributed by atoms with E-state index in [9.17, 15) is 8.42 Å². The second-order valence-electron chi connectivity index (χ2n) is 6.65. The van der Waals surface area contributed by atoms with Crippen LogP contribution >= 0.6 is 0 Å². The van der Waals surface area contributed by atoms with E-state index < -0.39 is 10.0 Å². The maximum atomic E-state index is 13.2. The van der Waals surface area contributed by atoms with Crippen molar-refractivity contribution in [1.29, 1.82) is 0 Å². The number of sulfonamides is 1. The van der Waals surface area contributed by atoms with Gasteiger partial charge in [0.25, 0.3) is 0 Å². The van der Waals surface area contributed by atoms with Crippen LogP contribution < -0.4 is 14.4 Å². The van der Waals surface area contributed by atoms with Gasteiger partial charge in [-0.3, -0.25) is 0 Å². The highest BCUT2D eigenvalue weighted by atomic mass is 32.2. The molecule has 0 amide bonds. The summed E-state index contributed by atoms with van der Waals surface area (Å²) in [5.74, 6) is 1.39. The SMILES string of the molecule is COc1cc(S(=O)(=O)N2CCN(c3ccccc3OC)CC2)c(C)cc1C. The molecular weight excluding hydrogens is 364 g/mol. The first kappa shape index (κ1) is 19.5. The van der Waals surface area contributed by atoms with E-state index in [4.69, 9.17) is 9.47 Å². The van der Waals surface area contributed by atoms with Gasteiger partial charge in [-0.1, -0.05) is 18.2 Å². The number of hydrogen-bond donors (Lipinski definition) is 0. The number of benzene rings is 2. The Kier molecular flexibility index (Phi) is 5.62. The van der Waals surface area contributed by atoms with Crippen LogP contribution in [0.1, 0.15) is 11.1 Å². The summed E-state index contributed by atoms with van der Waals surface area (Å²) < 4.78 is 38.7. The maximum absolute atomic E-state index is 13.2. The monoisotopic (exact) mass is 390 g/mol. The highest BCUT2D eigenvalue weighted by molar-refractivity contribution is 7.89. The first-order valence-corrected chi connectivity index (χ1v) is 10.4. The molecule has 0 saturated carbocycles. The summed E-state index contributed by atoms with van der Waals surface area (Å²) in [6.45, 7) is 5.81. The molecule has 2 aromatic rings. The molecule has 0 aliphatic carbocycles. The van der Waals surface area contributed by atoms with Gasteiger partial charge in [-0.15, -0.1) is 0 Å². The Hall–Kier alpha value is -2.25. The van der Waals surface area contributed by atoms with E-state index in [1.807, 2.05) is 44.2 Å². The van der Waals surface area contributed by atoms with Crippen molar-refractivity contribution in [3.05, 3.63) is 47.5 Å². The van der Waals surface area contributed by atoms with E-state index in [2.05, 4.69) is 4.90 Å². The molecule has 0 radical (unpaired) electrons. The van der Waals surface area contributed by atoms with Crippen molar-refractivity contribution >= 4 is 15.7 Å². The van der Waals surface area contributed by atoms with Gasteiger partial charge in [-0.25, -0.2) is 8.42 Å². The van der Waals surface area contributed by atoms with Crippen molar-refractivity contribution in [3.63, 3.8) is 0 Å². The number of rotatable bonds is 5. The topological polar surface area (TPSA) is 59.1 Å². The molecule has 1 heterocycles. The van der Waals surface area contributed by atoms with Gasteiger partial charge in [0.2, 0.25) is 10.0 Å². The molecule has 0 aromatic heterocycles. The summed E-state index contributed by atoms with van der Waals surface area (Å²) in [5, 5.41) is 0. The van der Waals surface area contributed by atoms with Crippen molar-refractivity contribution in [2.75, 3.05) is 45.3 Å². The molecule has 0 atom stereocenters. The zero-order chi connectivity index (χ0) is 19.6. The summed E-state index contributed by atoms with van der Waals surface area (Å²) in [6, 6.07) is 11.3. The Morgan fingerprint density at radius 2 is 1.48 bits per heavy atom. The van der Waals surface area contributed by atoms with Crippen LogP contribution in [-0.4, -0.2) is 53.1 Å². The molecule has 146 valence electrons. The third-order valence-corrected chi connectivity index (χ3v) is 7.02. The number of aryl methyl sites for hydroxylation is 2. The largest absolute Gasteiger partial charge is 0.496 e. The molecule has 27 heavy (non-hydrogen) atoms. The highest BCUT2D eigenvalue weighted by Crippen LogP contribution is 2.31. The smallest absolute Gasteiger partial charge is 0.243 e. The number of anilines is 1. The molecule has 0 bridgehead atoms. The Balaban J connectivity index is 1.81. The summed E-state index contributed by atoms with van der Waals surface area (Å²) in [7, 11) is -0.366. The Morgan fingerprint density at radius 1 is 0.852 bits per heavy atom. The summed E-state index contributed by atoms with van der Waals surface area (Å²) in [4.78, 5) is 2.48. The molecule has 3 rings (SSSR count). The van der Waals surface area contributed by atoms with Gasteiger partial charge in [0.05, 0.1) is 24.8 Å². The average Bonchev–Trinajstić information content (AvgIpc) is 2.68. The van der Waals surface area contributed by atoms with Crippen LogP contribution in [0.2, 0.25) is 0 Å². The molecule has 2 aromatic carbocycles. The van der Waals surface area contributed by atoms with Gasteiger partial charge < -0.3 is 14.4 Å². The van der Waals surface area contributed by atoms with E-state index in [0.717, 1.165) is 22.6 Å². The minimum absolute atomic E-state index is 0.315. The average molecular weight is 391 g/mol. The summed E-state index contributed by atoms with van der Waals surface area (Å²) >= 11 is 0. The number of methoxy groups -OCH3 is 2. The fourth-order valence-corrected chi connectivity index (χ4v) is 5.16. The Labute approximate surface area is 161 Å². The van der Waals surface area contributed by atoms with Crippen LogP contribution in [-0.2, 0) is 10.0 Å². The standard InChI is InChI=1S/C20H26N2O4S/c1-15-13-16(2)20(14-19(15)26-4)27(23,24)22-11-9-21(10-12-22)17-7-5-6-8-18(17)25-3/h5-8,13-14H,9-12H2,1-4H3. The molecule has 1 fully saturated rings. The van der Waals surface area contributed by atoms with Crippen LogP contribution in [0.25, 0.3) is 0 Å². The van der Waals surface area contributed by atoms with Crippen LogP contribution in [0.15, 0.2) is 41.3 Å². The van der Waals surface area contributed by atoms with Gasteiger partial charge in [0, 0.05) is 32.2 Å². The minimum atomic E-state index is -3.57. The van der Waals surface area contributed by atoms with Crippen molar-refractivity contribution in [1.82, 2.24) is 4.31 Å². The van der Waals surface area contributed by atoms with Crippen molar-refractivity contribution in [3.8, 4) is 11.5 Å². The van der Waals surface area contributed by atoms with E-state index in [1.54, 1.807) is 24.6 Å². The number of para-hydroxylation sites is 2. The molecule has 1 saturated heterocycles. The highest BCUT2D eigenvalue weighted by Gasteiger charge is 2.31. The second kappa shape index (κ2) is 7.78. The van der Waals surface area contributed by atoms with Crippen LogP contribution in [0.5, 0.6) is 11.5 Å². The third-order valence-electron chi connectivity index (χ3n) is 4.97. The van der Waals surface area contributed by atoms with Gasteiger partial charge in [-0.2, -0.15) is 4.31 Å². The van der Waals surface area contributed by atoms with Crippen molar-refractivity contribution in [2.45, 2.75) is 18.7 Å². The number of piperazine rings is 1. The van der Waals surface area contributed by atoms with Crippen LogP contribution in [0.4, 0.5) is 5.69 Å². The molecule has 6 nitrogen and oxygen atoms in total. The van der Waals surface area contributed by atoms with Gasteiger partial charge in [-0.05, 0) is 37.1 Å². The molecule has 0 unspecified atom stereocenters. The quantitative estimate of drug-likeness (QED) is 0.786. The molecule has 0 spiro atoms. The number of hydrogen-bond acceptors (Lipinski definition) is 5. The Bertz CT molecular complexity index is 920. The van der Waals surface area contributed by atoms with Gasteiger partial charge >= 0.3 is 0 Å². The fourth-order valence-electron chi connectivity index (χ4n) is 3.51. The molecule has 1 aliphatic heterocycles. The lowest BCUT2D eigenvalue weighted by Crippen LogP contribution is -2.48. The first-order chi connectivity index (χ1) is 12.9. The summed E-state index contributed by atoms with van der Waals surface area (Å²) in [5.41, 5.74) is 2.65. The second-order valence-corrected chi connectivity index (χ2v) is 8.56. The first-order valence-electron chi connectivity index (χ1n) is 8.92.